The molecule has 5 heteroatoms. The van der Waals surface area contributed by atoms with Crippen LogP contribution in [0.5, 0.6) is 0 Å². The average Bonchev–Trinajstić information content (AvgIpc) is 3.24. The molecule has 0 unspecified atom stereocenters. The molecule has 0 bridgehead atoms. The molecule has 34 heavy (non-hydrogen) atoms. The topological polar surface area (TPSA) is 46.9 Å². The Bertz CT molecular complexity index is 1400. The van der Waals surface area contributed by atoms with Gasteiger partial charge in [-0.05, 0) is 53.9 Å². The summed E-state index contributed by atoms with van der Waals surface area (Å²) < 4.78 is 15.6. The molecule has 0 aliphatic carbocycles. The molecule has 5 rings (SSSR count). The first kappa shape index (κ1) is 21.6. The van der Waals surface area contributed by atoms with E-state index in [1.807, 2.05) is 60.7 Å². The molecule has 1 heterocycles. The van der Waals surface area contributed by atoms with Crippen molar-refractivity contribution in [2.45, 2.75) is 19.0 Å². The van der Waals surface area contributed by atoms with Crippen molar-refractivity contribution in [2.75, 3.05) is 0 Å². The van der Waals surface area contributed by atoms with Gasteiger partial charge in [0.1, 0.15) is 11.6 Å². The highest BCUT2D eigenvalue weighted by molar-refractivity contribution is 5.94. The van der Waals surface area contributed by atoms with Crippen LogP contribution in [0.25, 0.3) is 11.0 Å². The SMILES string of the molecule is O=C(N[C@H](Cc1ccccc1)c1nc2ccccc2n1Cc1ccc(F)cc1)c1ccccc1. The van der Waals surface area contributed by atoms with Gasteiger partial charge in [0, 0.05) is 12.1 Å². The Hall–Kier alpha value is -4.25. The summed E-state index contributed by atoms with van der Waals surface area (Å²) in [4.78, 5) is 18.1. The van der Waals surface area contributed by atoms with E-state index in [0.717, 1.165) is 28.0 Å². The second-order valence-electron chi connectivity index (χ2n) is 8.25. The van der Waals surface area contributed by atoms with Crippen molar-refractivity contribution >= 4 is 16.9 Å². The maximum absolute atomic E-state index is 13.5. The number of carbonyl (C=O) groups is 1. The van der Waals surface area contributed by atoms with E-state index in [0.29, 0.717) is 18.5 Å². The van der Waals surface area contributed by atoms with Gasteiger partial charge < -0.3 is 9.88 Å². The van der Waals surface area contributed by atoms with E-state index in [4.69, 9.17) is 4.98 Å². The monoisotopic (exact) mass is 449 g/mol. The molecule has 0 aliphatic heterocycles. The Labute approximate surface area is 197 Å². The van der Waals surface area contributed by atoms with Crippen LogP contribution in [0, 0.1) is 5.82 Å². The van der Waals surface area contributed by atoms with Gasteiger partial charge in [0.15, 0.2) is 0 Å². The van der Waals surface area contributed by atoms with Crippen LogP contribution in [0.4, 0.5) is 4.39 Å². The summed E-state index contributed by atoms with van der Waals surface area (Å²) in [7, 11) is 0. The van der Waals surface area contributed by atoms with Crippen LogP contribution in [-0.4, -0.2) is 15.5 Å². The Morgan fingerprint density at radius 3 is 2.18 bits per heavy atom. The number of aromatic nitrogens is 2. The molecule has 1 N–H and O–H groups in total. The minimum atomic E-state index is -0.358. The predicted octanol–water partition coefficient (Wildman–Crippen LogP) is 5.94. The fraction of sp³-hybridized carbons (Fsp3) is 0.103. The molecule has 0 aliphatic rings. The van der Waals surface area contributed by atoms with Crippen LogP contribution in [0.3, 0.4) is 0 Å². The van der Waals surface area contributed by atoms with Gasteiger partial charge >= 0.3 is 0 Å². The third-order valence-corrected chi connectivity index (χ3v) is 5.87. The van der Waals surface area contributed by atoms with Crippen LogP contribution in [0.1, 0.15) is 33.4 Å². The van der Waals surface area contributed by atoms with Crippen molar-refractivity contribution in [1.82, 2.24) is 14.9 Å². The number of nitrogens with zero attached hydrogens (tertiary/aromatic N) is 2. The number of amides is 1. The van der Waals surface area contributed by atoms with Crippen molar-refractivity contribution < 1.29 is 9.18 Å². The number of rotatable bonds is 7. The lowest BCUT2D eigenvalue weighted by molar-refractivity contribution is 0.0934. The van der Waals surface area contributed by atoms with Crippen molar-refractivity contribution in [3.8, 4) is 0 Å². The minimum absolute atomic E-state index is 0.151. The predicted molar refractivity (Wildman–Crippen MR) is 132 cm³/mol. The van der Waals surface area contributed by atoms with Gasteiger partial charge in [-0.1, -0.05) is 72.8 Å². The maximum Gasteiger partial charge on any atom is 0.251 e. The number of hydrogen-bond donors (Lipinski definition) is 1. The Morgan fingerprint density at radius 2 is 1.44 bits per heavy atom. The molecular weight excluding hydrogens is 425 g/mol. The van der Waals surface area contributed by atoms with Gasteiger partial charge in [-0.25, -0.2) is 9.37 Å². The van der Waals surface area contributed by atoms with Gasteiger partial charge in [0.2, 0.25) is 0 Å². The molecule has 0 spiro atoms. The molecule has 0 fully saturated rings. The number of carbonyl (C=O) groups excluding carboxylic acids is 1. The van der Waals surface area contributed by atoms with E-state index < -0.39 is 0 Å². The smallest absolute Gasteiger partial charge is 0.251 e. The first-order chi connectivity index (χ1) is 16.7. The zero-order chi connectivity index (χ0) is 23.3. The summed E-state index contributed by atoms with van der Waals surface area (Å²) >= 11 is 0. The first-order valence-electron chi connectivity index (χ1n) is 11.3. The molecule has 0 radical (unpaired) electrons. The molecule has 168 valence electrons. The third-order valence-electron chi connectivity index (χ3n) is 5.87. The van der Waals surface area contributed by atoms with Gasteiger partial charge in [-0.3, -0.25) is 4.79 Å². The van der Waals surface area contributed by atoms with Gasteiger partial charge in [0.25, 0.3) is 5.91 Å². The van der Waals surface area contributed by atoms with E-state index in [1.54, 1.807) is 24.3 Å². The molecule has 0 saturated heterocycles. The zero-order valence-corrected chi connectivity index (χ0v) is 18.6. The third kappa shape index (κ3) is 4.74. The van der Waals surface area contributed by atoms with Crippen molar-refractivity contribution in [3.05, 3.63) is 138 Å². The van der Waals surface area contributed by atoms with Crippen LogP contribution in [-0.2, 0) is 13.0 Å². The fourth-order valence-electron chi connectivity index (χ4n) is 4.19. The lowest BCUT2D eigenvalue weighted by Gasteiger charge is -2.21. The van der Waals surface area contributed by atoms with E-state index in [9.17, 15) is 9.18 Å². The molecule has 1 amide bonds. The zero-order valence-electron chi connectivity index (χ0n) is 18.6. The number of fused-ring (bicyclic) bond motifs is 1. The lowest BCUT2D eigenvalue weighted by Crippen LogP contribution is -2.32. The largest absolute Gasteiger partial charge is 0.342 e. The molecular formula is C29H24FN3O. The number of benzene rings is 4. The number of nitrogens with one attached hydrogen (secondary N) is 1. The molecule has 1 aromatic heterocycles. The van der Waals surface area contributed by atoms with Crippen LogP contribution < -0.4 is 5.32 Å². The van der Waals surface area contributed by atoms with E-state index >= 15 is 0 Å². The quantitative estimate of drug-likeness (QED) is 0.334. The molecule has 4 nitrogen and oxygen atoms in total. The van der Waals surface area contributed by atoms with Crippen LogP contribution in [0.15, 0.2) is 109 Å². The Kier molecular flexibility index (Phi) is 6.17. The van der Waals surface area contributed by atoms with Crippen molar-refractivity contribution in [3.63, 3.8) is 0 Å². The molecule has 4 aromatic carbocycles. The number of halogens is 1. The van der Waals surface area contributed by atoms with Crippen LogP contribution in [0.2, 0.25) is 0 Å². The summed E-state index contributed by atoms with van der Waals surface area (Å²) in [6.07, 6.45) is 0.589. The maximum atomic E-state index is 13.5. The standard InChI is InChI=1S/C29H24FN3O/c30-24-17-15-22(16-18-24)20-33-27-14-8-7-13-25(27)31-28(33)26(19-21-9-3-1-4-10-21)32-29(34)23-11-5-2-6-12-23/h1-18,26H,19-20H2,(H,32,34)/t26-/m1/s1. The molecule has 5 aromatic rings. The summed E-state index contributed by atoms with van der Waals surface area (Å²) in [5.41, 5.74) is 4.47. The summed E-state index contributed by atoms with van der Waals surface area (Å²) in [6, 6.07) is 33.3. The summed E-state index contributed by atoms with van der Waals surface area (Å²) in [5.74, 6) is 0.345. The summed E-state index contributed by atoms with van der Waals surface area (Å²) in [5, 5.41) is 3.21. The minimum Gasteiger partial charge on any atom is -0.342 e. The lowest BCUT2D eigenvalue weighted by atomic mass is 10.0. The molecule has 0 saturated carbocycles. The highest BCUT2D eigenvalue weighted by Gasteiger charge is 2.23. The van der Waals surface area contributed by atoms with Gasteiger partial charge in [-0.2, -0.15) is 0 Å². The van der Waals surface area contributed by atoms with Gasteiger partial charge in [-0.15, -0.1) is 0 Å². The summed E-state index contributed by atoms with van der Waals surface area (Å²) in [6.45, 7) is 0.516. The average molecular weight is 450 g/mol. The number of para-hydroxylation sites is 2. The highest BCUT2D eigenvalue weighted by atomic mass is 19.1. The Morgan fingerprint density at radius 1 is 0.794 bits per heavy atom. The van der Waals surface area contributed by atoms with E-state index in [2.05, 4.69) is 22.0 Å². The normalized spacial score (nSPS) is 11.9. The van der Waals surface area contributed by atoms with Crippen LogP contribution >= 0.6 is 0 Å². The molecule has 1 atom stereocenters. The Balaban J connectivity index is 1.57. The number of imidazole rings is 1. The second-order valence-corrected chi connectivity index (χ2v) is 8.25. The number of hydrogen-bond acceptors (Lipinski definition) is 2. The van der Waals surface area contributed by atoms with Crippen molar-refractivity contribution in [2.24, 2.45) is 0 Å². The fourth-order valence-corrected chi connectivity index (χ4v) is 4.19. The van der Waals surface area contributed by atoms with E-state index in [-0.39, 0.29) is 17.8 Å². The van der Waals surface area contributed by atoms with Crippen molar-refractivity contribution in [1.29, 1.82) is 0 Å². The van der Waals surface area contributed by atoms with Gasteiger partial charge in [0.05, 0.1) is 17.1 Å². The highest BCUT2D eigenvalue weighted by Crippen LogP contribution is 2.25. The second kappa shape index (κ2) is 9.71. The first-order valence-corrected chi connectivity index (χ1v) is 11.3. The van der Waals surface area contributed by atoms with E-state index in [1.165, 1.54) is 12.1 Å².